The maximum Gasteiger partial charge on any atom is 0.277 e. The van der Waals surface area contributed by atoms with Gasteiger partial charge in [-0.05, 0) is 31.5 Å². The normalized spacial score (nSPS) is 12.1. The minimum absolute atomic E-state index is 0.0452. The van der Waals surface area contributed by atoms with Gasteiger partial charge in [-0.3, -0.25) is 10.1 Å². The Hall–Kier alpha value is -2.67. The van der Waals surface area contributed by atoms with Crippen LogP contribution in [0, 0.1) is 17.0 Å². The van der Waals surface area contributed by atoms with Gasteiger partial charge in [0.2, 0.25) is 5.89 Å². The van der Waals surface area contributed by atoms with Crippen LogP contribution in [0.25, 0.3) is 11.5 Å². The molecule has 0 N–H and O–H groups in total. The molecule has 0 aliphatic carbocycles. The molecule has 7 heteroatoms. The van der Waals surface area contributed by atoms with E-state index in [-0.39, 0.29) is 10.9 Å². The van der Waals surface area contributed by atoms with Gasteiger partial charge in [0.05, 0.1) is 4.92 Å². The summed E-state index contributed by atoms with van der Waals surface area (Å²) in [5.41, 5.74) is 2.94. The topological polar surface area (TPSA) is 82.1 Å². The molecule has 0 radical (unpaired) electrons. The number of aryl methyl sites for hydroxylation is 1. The molecule has 0 fully saturated rings. The first-order valence-corrected chi connectivity index (χ1v) is 8.22. The van der Waals surface area contributed by atoms with Crippen LogP contribution in [0.1, 0.15) is 23.3 Å². The van der Waals surface area contributed by atoms with Crippen LogP contribution in [0.4, 0.5) is 5.69 Å². The van der Waals surface area contributed by atoms with Gasteiger partial charge in [0.25, 0.3) is 10.9 Å². The van der Waals surface area contributed by atoms with Gasteiger partial charge in [-0.25, -0.2) is 0 Å². The van der Waals surface area contributed by atoms with Crippen molar-refractivity contribution in [2.24, 2.45) is 0 Å². The van der Waals surface area contributed by atoms with Crippen LogP contribution >= 0.6 is 11.8 Å². The fourth-order valence-corrected chi connectivity index (χ4v) is 2.98. The van der Waals surface area contributed by atoms with Gasteiger partial charge in [0, 0.05) is 22.9 Å². The number of hydrogen-bond donors (Lipinski definition) is 0. The zero-order valence-electron chi connectivity index (χ0n) is 13.2. The number of thioether (sulfide) groups is 1. The maximum atomic E-state index is 10.9. The molecule has 24 heavy (non-hydrogen) atoms. The Morgan fingerprint density at radius 3 is 2.62 bits per heavy atom. The molecule has 0 aliphatic heterocycles. The van der Waals surface area contributed by atoms with E-state index in [1.807, 2.05) is 44.2 Å². The quantitative estimate of drug-likeness (QED) is 0.376. The Labute approximate surface area is 143 Å². The summed E-state index contributed by atoms with van der Waals surface area (Å²) in [6.07, 6.45) is 0. The number of hydrogen-bond acceptors (Lipinski definition) is 6. The molecule has 122 valence electrons. The largest absolute Gasteiger partial charge is 0.411 e. The lowest BCUT2D eigenvalue weighted by Crippen LogP contribution is -1.92. The highest BCUT2D eigenvalue weighted by molar-refractivity contribution is 7.99. The summed E-state index contributed by atoms with van der Waals surface area (Å²) in [7, 11) is 0. The Bertz CT molecular complexity index is 862. The number of aromatic nitrogens is 2. The van der Waals surface area contributed by atoms with Gasteiger partial charge >= 0.3 is 0 Å². The molecular weight excluding hydrogens is 326 g/mol. The summed E-state index contributed by atoms with van der Waals surface area (Å²) in [5.74, 6) is 0.462. The van der Waals surface area contributed by atoms with Crippen LogP contribution in [-0.4, -0.2) is 15.1 Å². The molecule has 0 aliphatic rings. The summed E-state index contributed by atoms with van der Waals surface area (Å²) in [5, 5.41) is 19.4. The molecule has 1 aromatic heterocycles. The molecule has 6 nitrogen and oxygen atoms in total. The van der Waals surface area contributed by atoms with Crippen LogP contribution in [0.3, 0.4) is 0 Å². The van der Waals surface area contributed by atoms with Crippen molar-refractivity contribution in [3.05, 3.63) is 69.8 Å². The minimum atomic E-state index is -0.400. The van der Waals surface area contributed by atoms with E-state index in [2.05, 4.69) is 10.2 Å². The van der Waals surface area contributed by atoms with E-state index in [4.69, 9.17) is 4.42 Å². The van der Waals surface area contributed by atoms with Crippen LogP contribution in [0.15, 0.2) is 58.2 Å². The number of rotatable bonds is 5. The molecular formula is C17H15N3O3S. The van der Waals surface area contributed by atoms with Crippen molar-refractivity contribution in [1.29, 1.82) is 0 Å². The zero-order chi connectivity index (χ0) is 17.1. The van der Waals surface area contributed by atoms with Crippen LogP contribution in [0.2, 0.25) is 0 Å². The standard InChI is InChI=1S/C17H15N3O3S/c1-11-6-8-13(9-7-11)16-18-19-17(23-16)24-12(2)14-4-3-5-15(10-14)20(21)22/h3-10,12H,1-2H3/t12-/m1/s1. The van der Waals surface area contributed by atoms with Gasteiger partial charge < -0.3 is 4.42 Å². The molecule has 3 aromatic rings. The van der Waals surface area contributed by atoms with E-state index in [1.54, 1.807) is 12.1 Å². The van der Waals surface area contributed by atoms with E-state index in [0.29, 0.717) is 11.1 Å². The lowest BCUT2D eigenvalue weighted by atomic mass is 10.1. The van der Waals surface area contributed by atoms with Gasteiger partial charge in [-0.2, -0.15) is 0 Å². The summed E-state index contributed by atoms with van der Waals surface area (Å²) >= 11 is 1.37. The Morgan fingerprint density at radius 1 is 1.17 bits per heavy atom. The monoisotopic (exact) mass is 341 g/mol. The van der Waals surface area contributed by atoms with Gasteiger partial charge in [0.1, 0.15) is 0 Å². The Kier molecular flexibility index (Phi) is 4.61. The highest BCUT2D eigenvalue weighted by Crippen LogP contribution is 2.36. The fraction of sp³-hybridized carbons (Fsp3) is 0.176. The molecule has 1 heterocycles. The van der Waals surface area contributed by atoms with Gasteiger partial charge in [-0.15, -0.1) is 10.2 Å². The maximum absolute atomic E-state index is 10.9. The molecule has 0 spiro atoms. The SMILES string of the molecule is Cc1ccc(-c2nnc(S[C@H](C)c3cccc([N+](=O)[O-])c3)o2)cc1. The van der Waals surface area contributed by atoms with Crippen molar-refractivity contribution in [1.82, 2.24) is 10.2 Å². The van der Waals surface area contributed by atoms with Crippen LogP contribution < -0.4 is 0 Å². The Balaban J connectivity index is 1.75. The third-order valence-electron chi connectivity index (χ3n) is 3.53. The number of nitro groups is 1. The number of benzene rings is 2. The molecule has 0 amide bonds. The molecule has 0 bridgehead atoms. The first-order valence-electron chi connectivity index (χ1n) is 7.34. The molecule has 0 saturated carbocycles. The van der Waals surface area contributed by atoms with Crippen LogP contribution in [0.5, 0.6) is 0 Å². The summed E-state index contributed by atoms with van der Waals surface area (Å²) in [4.78, 5) is 10.5. The second-order valence-corrected chi connectivity index (χ2v) is 6.64. The van der Waals surface area contributed by atoms with Crippen molar-refractivity contribution in [3.8, 4) is 11.5 Å². The molecule has 0 saturated heterocycles. The lowest BCUT2D eigenvalue weighted by Gasteiger charge is -2.08. The second-order valence-electron chi connectivity index (χ2n) is 5.35. The zero-order valence-corrected chi connectivity index (χ0v) is 14.0. The number of nitro benzene ring substituents is 1. The van der Waals surface area contributed by atoms with E-state index in [1.165, 1.54) is 17.8 Å². The van der Waals surface area contributed by atoms with E-state index >= 15 is 0 Å². The smallest absolute Gasteiger partial charge is 0.277 e. The van der Waals surface area contributed by atoms with Crippen molar-refractivity contribution < 1.29 is 9.34 Å². The van der Waals surface area contributed by atoms with Crippen molar-refractivity contribution >= 4 is 17.4 Å². The average Bonchev–Trinajstić information content (AvgIpc) is 3.04. The first-order chi connectivity index (χ1) is 11.5. The highest BCUT2D eigenvalue weighted by Gasteiger charge is 2.16. The summed E-state index contributed by atoms with van der Waals surface area (Å²) in [6, 6.07) is 14.4. The molecule has 0 unspecified atom stereocenters. The third kappa shape index (κ3) is 3.62. The predicted molar refractivity (Wildman–Crippen MR) is 91.8 cm³/mol. The molecule has 1 atom stereocenters. The van der Waals surface area contributed by atoms with Crippen molar-refractivity contribution in [3.63, 3.8) is 0 Å². The number of non-ortho nitro benzene ring substituents is 1. The predicted octanol–water partition coefficient (Wildman–Crippen LogP) is 4.81. The van der Waals surface area contributed by atoms with Crippen molar-refractivity contribution in [2.75, 3.05) is 0 Å². The summed E-state index contributed by atoms with van der Waals surface area (Å²) in [6.45, 7) is 3.96. The molecule has 3 rings (SSSR count). The highest BCUT2D eigenvalue weighted by atomic mass is 32.2. The second kappa shape index (κ2) is 6.84. The van der Waals surface area contributed by atoms with E-state index in [0.717, 1.165) is 16.7 Å². The first kappa shape index (κ1) is 16.2. The third-order valence-corrected chi connectivity index (χ3v) is 4.53. The minimum Gasteiger partial charge on any atom is -0.411 e. The van der Waals surface area contributed by atoms with Crippen molar-refractivity contribution in [2.45, 2.75) is 24.3 Å². The fourth-order valence-electron chi connectivity index (χ4n) is 2.18. The van der Waals surface area contributed by atoms with E-state index < -0.39 is 4.92 Å². The van der Waals surface area contributed by atoms with E-state index in [9.17, 15) is 10.1 Å². The number of nitrogens with zero attached hydrogens (tertiary/aromatic N) is 3. The van der Waals surface area contributed by atoms with Crippen LogP contribution in [-0.2, 0) is 0 Å². The lowest BCUT2D eigenvalue weighted by molar-refractivity contribution is -0.384. The Morgan fingerprint density at radius 2 is 1.92 bits per heavy atom. The summed E-state index contributed by atoms with van der Waals surface area (Å²) < 4.78 is 5.69. The average molecular weight is 341 g/mol. The van der Waals surface area contributed by atoms with Gasteiger partial charge in [-0.1, -0.05) is 41.6 Å². The van der Waals surface area contributed by atoms with Gasteiger partial charge in [0.15, 0.2) is 0 Å². The molecule has 2 aromatic carbocycles.